The fourth-order valence-electron chi connectivity index (χ4n) is 1.78. The number of sulfonamides is 1. The average molecular weight is 315 g/mol. The average Bonchev–Trinajstić information content (AvgIpc) is 2.69. The zero-order valence-corrected chi connectivity index (χ0v) is 12.6. The highest BCUT2D eigenvalue weighted by molar-refractivity contribution is 7.92. The van der Waals surface area contributed by atoms with Crippen LogP contribution in [-0.2, 0) is 16.6 Å². The summed E-state index contributed by atoms with van der Waals surface area (Å²) in [6.45, 7) is 3.74. The highest BCUT2D eigenvalue weighted by atomic mass is 35.5. The Morgan fingerprint density at radius 3 is 2.60 bits per heavy atom. The molecule has 6 nitrogen and oxygen atoms in total. The molecule has 0 unspecified atom stereocenters. The molecule has 108 valence electrons. The number of aryl methyl sites for hydroxylation is 2. The quantitative estimate of drug-likeness (QED) is 0.802. The van der Waals surface area contributed by atoms with E-state index >= 15 is 0 Å². The number of aromatic nitrogens is 2. The van der Waals surface area contributed by atoms with E-state index in [1.807, 2.05) is 0 Å². The molecule has 0 saturated heterocycles. The Morgan fingerprint density at radius 2 is 2.10 bits per heavy atom. The van der Waals surface area contributed by atoms with E-state index in [0.717, 1.165) is 5.56 Å². The zero-order chi connectivity index (χ0) is 14.9. The Bertz CT molecular complexity index is 720. The summed E-state index contributed by atoms with van der Waals surface area (Å²) in [4.78, 5) is 0.0105. The molecular weight excluding hydrogens is 300 g/mol. The molecule has 0 radical (unpaired) electrons. The van der Waals surface area contributed by atoms with Gasteiger partial charge in [-0.05, 0) is 31.5 Å². The zero-order valence-electron chi connectivity index (χ0n) is 11.1. The van der Waals surface area contributed by atoms with E-state index in [2.05, 4.69) is 14.9 Å². The highest BCUT2D eigenvalue weighted by Crippen LogP contribution is 2.26. The minimum absolute atomic E-state index is 0.0105. The maximum Gasteiger partial charge on any atom is 0.263 e. The smallest absolute Gasteiger partial charge is 0.263 e. The van der Waals surface area contributed by atoms with Gasteiger partial charge in [-0.1, -0.05) is 17.7 Å². The lowest BCUT2D eigenvalue weighted by atomic mass is 10.2. The van der Waals surface area contributed by atoms with E-state index in [0.29, 0.717) is 23.6 Å². The topological polar surface area (TPSA) is 101 Å². The Morgan fingerprint density at radius 1 is 1.40 bits per heavy atom. The third-order valence-electron chi connectivity index (χ3n) is 2.89. The number of anilines is 1. The van der Waals surface area contributed by atoms with Gasteiger partial charge in [0.1, 0.15) is 4.90 Å². The van der Waals surface area contributed by atoms with E-state index in [-0.39, 0.29) is 9.92 Å². The van der Waals surface area contributed by atoms with E-state index in [1.165, 1.54) is 6.07 Å². The molecule has 1 aromatic heterocycles. The summed E-state index contributed by atoms with van der Waals surface area (Å²) in [6.07, 6.45) is 0. The van der Waals surface area contributed by atoms with Crippen molar-refractivity contribution in [3.05, 3.63) is 40.2 Å². The van der Waals surface area contributed by atoms with Gasteiger partial charge in [-0.2, -0.15) is 5.10 Å². The van der Waals surface area contributed by atoms with E-state index < -0.39 is 10.0 Å². The van der Waals surface area contributed by atoms with Crippen LogP contribution in [0.4, 0.5) is 5.69 Å². The number of nitrogens with zero attached hydrogens (tertiary/aromatic N) is 1. The van der Waals surface area contributed by atoms with Crippen molar-refractivity contribution in [1.29, 1.82) is 0 Å². The van der Waals surface area contributed by atoms with Gasteiger partial charge in [0.2, 0.25) is 0 Å². The third-order valence-corrected chi connectivity index (χ3v) is 4.72. The molecule has 8 heteroatoms. The van der Waals surface area contributed by atoms with Gasteiger partial charge < -0.3 is 5.73 Å². The number of benzene rings is 1. The Hall–Kier alpha value is -1.57. The number of H-pyrrole nitrogens is 1. The van der Waals surface area contributed by atoms with Gasteiger partial charge in [-0.15, -0.1) is 0 Å². The van der Waals surface area contributed by atoms with Gasteiger partial charge in [0.05, 0.1) is 22.1 Å². The molecule has 0 saturated carbocycles. The van der Waals surface area contributed by atoms with Crippen LogP contribution in [0.5, 0.6) is 0 Å². The van der Waals surface area contributed by atoms with Crippen LogP contribution in [0.1, 0.15) is 17.0 Å². The molecule has 4 N–H and O–H groups in total. The highest BCUT2D eigenvalue weighted by Gasteiger charge is 2.21. The SMILES string of the molecule is Cc1n[nH]c(C)c1NS(=O)(=O)c1ccc(CN)cc1Cl. The monoisotopic (exact) mass is 314 g/mol. The number of nitrogens with one attached hydrogen (secondary N) is 2. The predicted octanol–water partition coefficient (Wildman–Crippen LogP) is 1.94. The number of nitrogens with two attached hydrogens (primary N) is 1. The van der Waals surface area contributed by atoms with Crippen molar-refractivity contribution in [1.82, 2.24) is 10.2 Å². The Kier molecular flexibility index (Phi) is 4.03. The molecule has 0 spiro atoms. The largest absolute Gasteiger partial charge is 0.326 e. The lowest BCUT2D eigenvalue weighted by Crippen LogP contribution is -2.14. The van der Waals surface area contributed by atoms with E-state index in [9.17, 15) is 8.42 Å². The second-order valence-electron chi connectivity index (χ2n) is 4.38. The van der Waals surface area contributed by atoms with Crippen molar-refractivity contribution in [2.45, 2.75) is 25.3 Å². The first-order valence-electron chi connectivity index (χ1n) is 5.88. The van der Waals surface area contributed by atoms with Crippen LogP contribution in [0.3, 0.4) is 0 Å². The van der Waals surface area contributed by atoms with Crippen molar-refractivity contribution in [2.24, 2.45) is 5.73 Å². The molecular formula is C12H15ClN4O2S. The minimum atomic E-state index is -3.77. The molecule has 0 atom stereocenters. The summed E-state index contributed by atoms with van der Waals surface area (Å²) in [5.74, 6) is 0. The summed E-state index contributed by atoms with van der Waals surface area (Å²) in [7, 11) is -3.77. The second kappa shape index (κ2) is 5.43. The first-order valence-corrected chi connectivity index (χ1v) is 7.74. The van der Waals surface area contributed by atoms with Crippen LogP contribution in [-0.4, -0.2) is 18.6 Å². The number of hydrogen-bond donors (Lipinski definition) is 3. The van der Waals surface area contributed by atoms with Gasteiger partial charge in [0.25, 0.3) is 10.0 Å². The molecule has 2 aromatic rings. The maximum absolute atomic E-state index is 12.4. The van der Waals surface area contributed by atoms with Crippen LogP contribution in [0, 0.1) is 13.8 Å². The van der Waals surface area contributed by atoms with Crippen LogP contribution >= 0.6 is 11.6 Å². The van der Waals surface area contributed by atoms with Crippen LogP contribution in [0.2, 0.25) is 5.02 Å². The summed E-state index contributed by atoms with van der Waals surface area (Å²) >= 11 is 6.01. The molecule has 1 aromatic carbocycles. The fourth-order valence-corrected chi connectivity index (χ4v) is 3.53. The van der Waals surface area contributed by atoms with Crippen molar-refractivity contribution < 1.29 is 8.42 Å². The van der Waals surface area contributed by atoms with Crippen molar-refractivity contribution >= 4 is 27.3 Å². The number of rotatable bonds is 4. The molecule has 20 heavy (non-hydrogen) atoms. The fraction of sp³-hybridized carbons (Fsp3) is 0.250. The lowest BCUT2D eigenvalue weighted by molar-refractivity contribution is 0.601. The molecule has 0 fully saturated rings. The molecule has 1 heterocycles. The number of aromatic amines is 1. The van der Waals surface area contributed by atoms with Gasteiger partial charge in [-0.3, -0.25) is 9.82 Å². The summed E-state index contributed by atoms with van der Waals surface area (Å²) in [5, 5.41) is 6.80. The van der Waals surface area contributed by atoms with Gasteiger partial charge in [0, 0.05) is 6.54 Å². The maximum atomic E-state index is 12.4. The molecule has 2 rings (SSSR count). The molecule has 0 aliphatic carbocycles. The summed E-state index contributed by atoms with van der Waals surface area (Å²) in [6, 6.07) is 4.62. The first-order chi connectivity index (χ1) is 9.35. The third kappa shape index (κ3) is 2.79. The standard InChI is InChI=1S/C12H15ClN4O2S/c1-7-12(8(2)16-15-7)17-20(18,19)11-4-3-9(6-14)5-10(11)13/h3-5,17H,6,14H2,1-2H3,(H,15,16). The summed E-state index contributed by atoms with van der Waals surface area (Å²) in [5.41, 5.74) is 7.90. The van der Waals surface area contributed by atoms with E-state index in [1.54, 1.807) is 26.0 Å². The molecule has 0 aliphatic heterocycles. The second-order valence-corrected chi connectivity index (χ2v) is 6.44. The Labute approximate surface area is 122 Å². The molecule has 0 bridgehead atoms. The minimum Gasteiger partial charge on any atom is -0.326 e. The number of halogens is 1. The van der Waals surface area contributed by atoms with Crippen molar-refractivity contribution in [2.75, 3.05) is 4.72 Å². The van der Waals surface area contributed by atoms with Crippen molar-refractivity contribution in [3.63, 3.8) is 0 Å². The normalized spacial score (nSPS) is 11.6. The van der Waals surface area contributed by atoms with Gasteiger partial charge in [-0.25, -0.2) is 8.42 Å². The van der Waals surface area contributed by atoms with Crippen molar-refractivity contribution in [3.8, 4) is 0 Å². The van der Waals surface area contributed by atoms with Crippen LogP contribution in [0.15, 0.2) is 23.1 Å². The molecule has 0 aliphatic rings. The van der Waals surface area contributed by atoms with E-state index in [4.69, 9.17) is 17.3 Å². The van der Waals surface area contributed by atoms with Gasteiger partial charge >= 0.3 is 0 Å². The van der Waals surface area contributed by atoms with Crippen LogP contribution < -0.4 is 10.5 Å². The van der Waals surface area contributed by atoms with Gasteiger partial charge in [0.15, 0.2) is 0 Å². The number of hydrogen-bond acceptors (Lipinski definition) is 4. The first kappa shape index (κ1) is 14.8. The molecule has 0 amide bonds. The lowest BCUT2D eigenvalue weighted by Gasteiger charge is -2.10. The predicted molar refractivity (Wildman–Crippen MR) is 78.2 cm³/mol. The Balaban J connectivity index is 2.41. The summed E-state index contributed by atoms with van der Waals surface area (Å²) < 4.78 is 27.2. The van der Waals surface area contributed by atoms with Crippen LogP contribution in [0.25, 0.3) is 0 Å².